The number of benzene rings is 3. The lowest BCUT2D eigenvalue weighted by molar-refractivity contribution is -0.893. The Kier molecular flexibility index (Phi) is 6.31. The van der Waals surface area contributed by atoms with Gasteiger partial charge in [-0.25, -0.2) is 5.01 Å². The van der Waals surface area contributed by atoms with Gasteiger partial charge >= 0.3 is 0 Å². The number of amides is 1. The molecule has 164 valence electrons. The zero-order valence-electron chi connectivity index (χ0n) is 18.7. The fraction of sp³-hybridized carbons (Fsp3) is 0.357. The zero-order chi connectivity index (χ0) is 21.8. The molecule has 3 aromatic rings. The summed E-state index contributed by atoms with van der Waals surface area (Å²) in [5.41, 5.74) is 3.27. The second kappa shape index (κ2) is 9.66. The number of hydrazone groups is 1. The summed E-state index contributed by atoms with van der Waals surface area (Å²) in [6.45, 7) is 2.73. The SMILES string of the molecule is O=C(C[NH+]1CCCCCCC1)N1N=C(c2ccc3ccccc3c2)C[C@H]1c1ccccc1. The maximum Gasteiger partial charge on any atom is 0.298 e. The molecule has 0 saturated carbocycles. The molecule has 0 aliphatic carbocycles. The van der Waals surface area contributed by atoms with E-state index in [9.17, 15) is 4.79 Å². The minimum Gasteiger partial charge on any atom is -0.327 e. The van der Waals surface area contributed by atoms with Gasteiger partial charge < -0.3 is 4.90 Å². The van der Waals surface area contributed by atoms with Crippen LogP contribution in [0.1, 0.15) is 55.7 Å². The molecule has 0 spiro atoms. The molecule has 2 aliphatic heterocycles. The maximum absolute atomic E-state index is 13.5. The van der Waals surface area contributed by atoms with E-state index in [-0.39, 0.29) is 11.9 Å². The summed E-state index contributed by atoms with van der Waals surface area (Å²) in [4.78, 5) is 14.9. The fourth-order valence-corrected chi connectivity index (χ4v) is 5.10. The molecule has 1 N–H and O–H groups in total. The van der Waals surface area contributed by atoms with E-state index in [4.69, 9.17) is 5.10 Å². The van der Waals surface area contributed by atoms with Crippen molar-refractivity contribution in [2.45, 2.75) is 44.6 Å². The second-order valence-corrected chi connectivity index (χ2v) is 9.17. The molecule has 4 nitrogen and oxygen atoms in total. The third-order valence-electron chi connectivity index (χ3n) is 6.89. The van der Waals surface area contributed by atoms with Crippen molar-refractivity contribution >= 4 is 22.4 Å². The molecule has 0 unspecified atom stereocenters. The Bertz CT molecular complexity index is 1100. The summed E-state index contributed by atoms with van der Waals surface area (Å²) in [6.07, 6.45) is 7.11. The first-order chi connectivity index (χ1) is 15.8. The molecule has 32 heavy (non-hydrogen) atoms. The molecular weight excluding hydrogens is 394 g/mol. The molecule has 2 aliphatic rings. The highest BCUT2D eigenvalue weighted by molar-refractivity contribution is 6.05. The van der Waals surface area contributed by atoms with Crippen molar-refractivity contribution < 1.29 is 9.69 Å². The Morgan fingerprint density at radius 3 is 2.31 bits per heavy atom. The standard InChI is InChI=1S/C28H31N3O/c32-28(21-30-17-9-2-1-3-10-18-30)31-27(23-12-5-4-6-13-23)20-26(29-31)25-16-15-22-11-7-8-14-24(22)19-25/h4-8,11-16,19,27H,1-3,9-10,17-18,20-21H2/p+1/t27-/m0/s1. The number of hydrogen-bond donors (Lipinski definition) is 1. The van der Waals surface area contributed by atoms with Crippen LogP contribution in [0.25, 0.3) is 10.8 Å². The van der Waals surface area contributed by atoms with E-state index < -0.39 is 0 Å². The van der Waals surface area contributed by atoms with Crippen LogP contribution in [0.2, 0.25) is 0 Å². The summed E-state index contributed by atoms with van der Waals surface area (Å²) in [6, 6.07) is 25.2. The van der Waals surface area contributed by atoms with Crippen molar-refractivity contribution in [3.8, 4) is 0 Å². The van der Waals surface area contributed by atoms with Gasteiger partial charge in [0.15, 0.2) is 6.54 Å². The highest BCUT2D eigenvalue weighted by Gasteiger charge is 2.34. The van der Waals surface area contributed by atoms with Crippen LogP contribution in [0.3, 0.4) is 0 Å². The first kappa shape index (κ1) is 20.9. The van der Waals surface area contributed by atoms with Crippen molar-refractivity contribution in [3.05, 3.63) is 83.9 Å². The van der Waals surface area contributed by atoms with Crippen LogP contribution in [0.4, 0.5) is 0 Å². The van der Waals surface area contributed by atoms with Gasteiger partial charge in [0.25, 0.3) is 5.91 Å². The van der Waals surface area contributed by atoms with Gasteiger partial charge in [0.05, 0.1) is 24.8 Å². The monoisotopic (exact) mass is 426 g/mol. The van der Waals surface area contributed by atoms with Crippen LogP contribution < -0.4 is 4.90 Å². The molecule has 0 radical (unpaired) electrons. The second-order valence-electron chi connectivity index (χ2n) is 9.17. The molecule has 1 atom stereocenters. The normalized spacial score (nSPS) is 20.1. The summed E-state index contributed by atoms with van der Waals surface area (Å²) in [5, 5.41) is 9.13. The fourth-order valence-electron chi connectivity index (χ4n) is 5.10. The average Bonchev–Trinajstić information content (AvgIpc) is 3.27. The highest BCUT2D eigenvalue weighted by Crippen LogP contribution is 2.33. The van der Waals surface area contributed by atoms with E-state index in [0.29, 0.717) is 6.54 Å². The van der Waals surface area contributed by atoms with E-state index in [2.05, 4.69) is 66.7 Å². The third-order valence-corrected chi connectivity index (χ3v) is 6.89. The van der Waals surface area contributed by atoms with Gasteiger partial charge in [-0.15, -0.1) is 0 Å². The number of likely N-dealkylation sites (tertiary alicyclic amines) is 1. The van der Waals surface area contributed by atoms with Crippen LogP contribution in [-0.4, -0.2) is 36.3 Å². The summed E-state index contributed by atoms with van der Waals surface area (Å²) in [5.74, 6) is 0.144. The smallest absolute Gasteiger partial charge is 0.298 e. The first-order valence-corrected chi connectivity index (χ1v) is 12.1. The lowest BCUT2D eigenvalue weighted by atomic mass is 9.97. The number of fused-ring (bicyclic) bond motifs is 1. The van der Waals surface area contributed by atoms with Gasteiger partial charge in [-0.2, -0.15) is 5.10 Å². The number of carbonyl (C=O) groups is 1. The third kappa shape index (κ3) is 4.61. The van der Waals surface area contributed by atoms with Gasteiger partial charge in [-0.3, -0.25) is 4.79 Å². The Hall–Kier alpha value is -2.98. The lowest BCUT2D eigenvalue weighted by Crippen LogP contribution is -3.13. The topological polar surface area (TPSA) is 37.1 Å². The molecule has 2 heterocycles. The molecule has 1 saturated heterocycles. The van der Waals surface area contributed by atoms with Crippen LogP contribution in [-0.2, 0) is 4.79 Å². The lowest BCUT2D eigenvalue weighted by Gasteiger charge is -2.26. The number of rotatable bonds is 4. The quantitative estimate of drug-likeness (QED) is 0.661. The molecule has 0 bridgehead atoms. The first-order valence-electron chi connectivity index (χ1n) is 12.1. The van der Waals surface area contributed by atoms with Crippen LogP contribution in [0.15, 0.2) is 77.9 Å². The van der Waals surface area contributed by atoms with Crippen molar-refractivity contribution in [2.24, 2.45) is 5.10 Å². The largest absolute Gasteiger partial charge is 0.327 e. The Morgan fingerprint density at radius 2 is 1.53 bits per heavy atom. The van der Waals surface area contributed by atoms with Crippen molar-refractivity contribution in [3.63, 3.8) is 0 Å². The molecule has 0 aromatic heterocycles. The molecule has 1 fully saturated rings. The maximum atomic E-state index is 13.5. The molecule has 1 amide bonds. The van der Waals surface area contributed by atoms with Gasteiger partial charge in [0, 0.05) is 6.42 Å². The minimum absolute atomic E-state index is 0.0284. The highest BCUT2D eigenvalue weighted by atomic mass is 16.2. The number of quaternary nitrogens is 1. The Labute approximate surface area is 190 Å². The average molecular weight is 427 g/mol. The van der Waals surface area contributed by atoms with E-state index in [1.807, 2.05) is 6.07 Å². The van der Waals surface area contributed by atoms with Gasteiger partial charge in [-0.05, 0) is 53.6 Å². The summed E-state index contributed by atoms with van der Waals surface area (Å²) < 4.78 is 0. The van der Waals surface area contributed by atoms with Gasteiger partial charge in [-0.1, -0.05) is 73.2 Å². The Morgan fingerprint density at radius 1 is 0.844 bits per heavy atom. The van der Waals surface area contributed by atoms with Crippen molar-refractivity contribution in [1.29, 1.82) is 0 Å². The number of carbonyl (C=O) groups excluding carboxylic acids is 1. The molecule has 4 heteroatoms. The summed E-state index contributed by atoms with van der Waals surface area (Å²) >= 11 is 0. The van der Waals surface area contributed by atoms with Gasteiger partial charge in [0.1, 0.15) is 0 Å². The predicted molar refractivity (Wildman–Crippen MR) is 130 cm³/mol. The Balaban J connectivity index is 1.42. The van der Waals surface area contributed by atoms with Gasteiger partial charge in [0.2, 0.25) is 0 Å². The number of nitrogens with one attached hydrogen (secondary N) is 1. The number of nitrogens with zero attached hydrogens (tertiary/aromatic N) is 2. The number of hydrogen-bond acceptors (Lipinski definition) is 2. The van der Waals surface area contributed by atoms with Crippen molar-refractivity contribution in [2.75, 3.05) is 19.6 Å². The molecule has 3 aromatic carbocycles. The van der Waals surface area contributed by atoms with Crippen molar-refractivity contribution in [1.82, 2.24) is 5.01 Å². The van der Waals surface area contributed by atoms with E-state index >= 15 is 0 Å². The summed E-state index contributed by atoms with van der Waals surface area (Å²) in [7, 11) is 0. The zero-order valence-corrected chi connectivity index (χ0v) is 18.7. The van der Waals surface area contributed by atoms with E-state index in [1.165, 1.54) is 47.8 Å². The predicted octanol–water partition coefficient (Wildman–Crippen LogP) is 4.37. The minimum atomic E-state index is -0.0284. The van der Waals surface area contributed by atoms with Crippen LogP contribution >= 0.6 is 0 Å². The van der Waals surface area contributed by atoms with E-state index in [1.54, 1.807) is 5.01 Å². The van der Waals surface area contributed by atoms with Crippen LogP contribution in [0, 0.1) is 0 Å². The molecular formula is C28H32N3O+. The van der Waals surface area contributed by atoms with Crippen LogP contribution in [0.5, 0.6) is 0 Å². The molecule has 5 rings (SSSR count). The van der Waals surface area contributed by atoms with E-state index in [0.717, 1.165) is 36.3 Å².